The lowest BCUT2D eigenvalue weighted by Crippen LogP contribution is -2.09. The highest BCUT2D eigenvalue weighted by molar-refractivity contribution is 5.69. The van der Waals surface area contributed by atoms with Crippen LogP contribution in [0.1, 0.15) is 104 Å². The number of hydrogen-bond acceptors (Lipinski definition) is 3. The summed E-state index contributed by atoms with van der Waals surface area (Å²) in [6, 6.07) is 0. The molecule has 0 bridgehead atoms. The molecular weight excluding hydrogens is 312 g/mol. The molecule has 3 nitrogen and oxygen atoms in total. The Kier molecular flexibility index (Phi) is 17.4. The number of unbranched alkanes of at least 4 members (excludes halogenated alkanes) is 11. The summed E-state index contributed by atoms with van der Waals surface area (Å²) in [6.07, 6.45) is 22.1. The minimum atomic E-state index is -0.0665. The van der Waals surface area contributed by atoms with Gasteiger partial charge in [0, 0.05) is 6.42 Å². The second kappa shape index (κ2) is 18.0. The van der Waals surface area contributed by atoms with Crippen LogP contribution >= 0.6 is 0 Å². The first-order chi connectivity index (χ1) is 11.8. The summed E-state index contributed by atoms with van der Waals surface area (Å²) in [4.78, 5) is 11.4. The molecule has 3 heteroatoms. The van der Waals surface area contributed by atoms with Crippen molar-refractivity contribution in [3.8, 4) is 0 Å². The van der Waals surface area contributed by atoms with E-state index in [4.69, 9.17) is 9.47 Å². The van der Waals surface area contributed by atoms with Crippen LogP contribution in [0.25, 0.3) is 0 Å². The maximum atomic E-state index is 11.4. The number of rotatable bonds is 17. The fourth-order valence-corrected chi connectivity index (χ4v) is 2.76. The van der Waals surface area contributed by atoms with Crippen LogP contribution in [-0.4, -0.2) is 25.3 Å². The van der Waals surface area contributed by atoms with Crippen molar-refractivity contribution in [2.75, 3.05) is 13.2 Å². The minimum absolute atomic E-state index is 0. The number of epoxide rings is 1. The highest BCUT2D eigenvalue weighted by Gasteiger charge is 2.23. The molecule has 0 radical (unpaired) electrons. The van der Waals surface area contributed by atoms with Gasteiger partial charge in [-0.1, -0.05) is 77.9 Å². The molecule has 0 aromatic rings. The van der Waals surface area contributed by atoms with Gasteiger partial charge < -0.3 is 9.47 Å². The Balaban J connectivity index is 0.00000576. The number of carbonyl (C=O) groups is 1. The molecule has 1 heterocycles. The van der Waals surface area contributed by atoms with Crippen LogP contribution in [0.2, 0.25) is 0 Å². The molecule has 0 aromatic heterocycles. The van der Waals surface area contributed by atoms with Crippen LogP contribution in [0.4, 0.5) is 0 Å². The van der Waals surface area contributed by atoms with Crippen molar-refractivity contribution in [1.82, 2.24) is 0 Å². The quantitative estimate of drug-likeness (QED) is 0.128. The second-order valence-electron chi connectivity index (χ2n) is 6.97. The van der Waals surface area contributed by atoms with E-state index in [0.717, 1.165) is 19.4 Å². The summed E-state index contributed by atoms with van der Waals surface area (Å²) in [5.74, 6) is -0.0665. The molecule has 1 rings (SSSR count). The molecule has 1 aliphatic heterocycles. The van der Waals surface area contributed by atoms with E-state index in [9.17, 15) is 4.79 Å². The molecule has 0 amide bonds. The van der Waals surface area contributed by atoms with Gasteiger partial charge in [-0.3, -0.25) is 4.79 Å². The molecule has 0 spiro atoms. The van der Waals surface area contributed by atoms with Gasteiger partial charge in [-0.2, -0.15) is 0 Å². The highest BCUT2D eigenvalue weighted by Crippen LogP contribution is 2.12. The number of carbonyl (C=O) groups excluding carboxylic acids is 1. The zero-order valence-corrected chi connectivity index (χ0v) is 15.8. The van der Waals surface area contributed by atoms with Crippen molar-refractivity contribution in [1.29, 1.82) is 0 Å². The smallest absolute Gasteiger partial charge is 0.305 e. The predicted molar refractivity (Wildman–Crippen MR) is 107 cm³/mol. The molecule has 0 N–H and O–H groups in total. The van der Waals surface area contributed by atoms with Crippen LogP contribution in [0.15, 0.2) is 12.2 Å². The van der Waals surface area contributed by atoms with Crippen molar-refractivity contribution in [3.05, 3.63) is 12.2 Å². The standard InChI is InChI=1S/C21H38O3.CH4/c1-2-3-4-5-6-7-8-9-10-11-12-13-14-15-16-17-21(22)24-19-20-18-23-20;/h9-10,20H,2-8,11-19H2,1H3;1H4. The summed E-state index contributed by atoms with van der Waals surface area (Å²) in [6.45, 7) is 3.47. The number of ether oxygens (including phenoxy) is 2. The third-order valence-corrected chi connectivity index (χ3v) is 4.48. The first-order valence-corrected chi connectivity index (χ1v) is 10.2. The van der Waals surface area contributed by atoms with Gasteiger partial charge in [0.2, 0.25) is 0 Å². The zero-order chi connectivity index (χ0) is 17.3. The SMILES string of the molecule is C.CCCCCCCCC=CCCCCCCCC(=O)OCC1CO1. The Morgan fingerprint density at radius 1 is 0.920 bits per heavy atom. The molecule has 25 heavy (non-hydrogen) atoms. The molecule has 1 saturated heterocycles. The largest absolute Gasteiger partial charge is 0.463 e. The first-order valence-electron chi connectivity index (χ1n) is 10.2. The Hall–Kier alpha value is -0.830. The average molecular weight is 355 g/mol. The van der Waals surface area contributed by atoms with Gasteiger partial charge in [-0.05, 0) is 32.1 Å². The molecule has 148 valence electrons. The van der Waals surface area contributed by atoms with E-state index in [1.807, 2.05) is 0 Å². The fraction of sp³-hybridized carbons (Fsp3) is 0.864. The predicted octanol–water partition coefficient (Wildman–Crippen LogP) is 6.60. The summed E-state index contributed by atoms with van der Waals surface area (Å²) < 4.78 is 10.1. The van der Waals surface area contributed by atoms with Crippen LogP contribution in [-0.2, 0) is 14.3 Å². The van der Waals surface area contributed by atoms with Gasteiger partial charge in [0.25, 0.3) is 0 Å². The van der Waals surface area contributed by atoms with Crippen molar-refractivity contribution in [2.24, 2.45) is 0 Å². The van der Waals surface area contributed by atoms with E-state index in [-0.39, 0.29) is 19.5 Å². The van der Waals surface area contributed by atoms with Crippen molar-refractivity contribution >= 4 is 5.97 Å². The highest BCUT2D eigenvalue weighted by atomic mass is 16.6. The van der Waals surface area contributed by atoms with Gasteiger partial charge in [-0.15, -0.1) is 0 Å². The normalized spacial score (nSPS) is 16.0. The Morgan fingerprint density at radius 2 is 1.44 bits per heavy atom. The molecular formula is C22H42O3. The van der Waals surface area contributed by atoms with Gasteiger partial charge >= 0.3 is 5.97 Å². The van der Waals surface area contributed by atoms with E-state index in [1.165, 1.54) is 70.6 Å². The van der Waals surface area contributed by atoms with Crippen LogP contribution in [0.3, 0.4) is 0 Å². The minimum Gasteiger partial charge on any atom is -0.463 e. The van der Waals surface area contributed by atoms with Crippen LogP contribution < -0.4 is 0 Å². The lowest BCUT2D eigenvalue weighted by molar-refractivity contribution is -0.144. The van der Waals surface area contributed by atoms with Crippen molar-refractivity contribution in [2.45, 2.75) is 110 Å². The van der Waals surface area contributed by atoms with Gasteiger partial charge in [-0.25, -0.2) is 0 Å². The first kappa shape index (κ1) is 24.2. The lowest BCUT2D eigenvalue weighted by Gasteiger charge is -2.02. The molecule has 0 aliphatic carbocycles. The number of hydrogen-bond donors (Lipinski definition) is 0. The molecule has 1 atom stereocenters. The summed E-state index contributed by atoms with van der Waals surface area (Å²) in [5.41, 5.74) is 0. The van der Waals surface area contributed by atoms with Crippen molar-refractivity contribution < 1.29 is 14.3 Å². The summed E-state index contributed by atoms with van der Waals surface area (Å²) in [7, 11) is 0. The van der Waals surface area contributed by atoms with Gasteiger partial charge in [0.05, 0.1) is 6.61 Å². The third kappa shape index (κ3) is 17.8. The topological polar surface area (TPSA) is 38.8 Å². The molecule has 0 saturated carbocycles. The molecule has 1 aliphatic rings. The van der Waals surface area contributed by atoms with E-state index in [0.29, 0.717) is 13.0 Å². The second-order valence-corrected chi connectivity index (χ2v) is 6.97. The van der Waals surface area contributed by atoms with E-state index >= 15 is 0 Å². The monoisotopic (exact) mass is 354 g/mol. The number of esters is 1. The van der Waals surface area contributed by atoms with E-state index < -0.39 is 0 Å². The zero-order valence-electron chi connectivity index (χ0n) is 15.8. The summed E-state index contributed by atoms with van der Waals surface area (Å²) >= 11 is 0. The molecule has 0 aromatic carbocycles. The lowest BCUT2D eigenvalue weighted by atomic mass is 10.1. The third-order valence-electron chi connectivity index (χ3n) is 4.48. The number of allylic oxidation sites excluding steroid dienone is 2. The Morgan fingerprint density at radius 3 is 2.00 bits per heavy atom. The Labute approximate surface area is 156 Å². The van der Waals surface area contributed by atoms with Crippen LogP contribution in [0, 0.1) is 0 Å². The van der Waals surface area contributed by atoms with Gasteiger partial charge in [0.1, 0.15) is 12.7 Å². The Bertz CT molecular complexity index is 321. The molecule has 1 fully saturated rings. The van der Waals surface area contributed by atoms with Gasteiger partial charge in [0.15, 0.2) is 0 Å². The maximum Gasteiger partial charge on any atom is 0.305 e. The summed E-state index contributed by atoms with van der Waals surface area (Å²) in [5, 5.41) is 0. The van der Waals surface area contributed by atoms with E-state index in [1.54, 1.807) is 0 Å². The van der Waals surface area contributed by atoms with E-state index in [2.05, 4.69) is 19.1 Å². The maximum absolute atomic E-state index is 11.4. The van der Waals surface area contributed by atoms with Crippen molar-refractivity contribution in [3.63, 3.8) is 0 Å². The average Bonchev–Trinajstić information content (AvgIpc) is 3.41. The molecule has 1 unspecified atom stereocenters. The van der Waals surface area contributed by atoms with Crippen LogP contribution in [0.5, 0.6) is 0 Å². The fourth-order valence-electron chi connectivity index (χ4n) is 2.76.